The molecule has 1 aliphatic heterocycles. The van der Waals surface area contributed by atoms with Gasteiger partial charge in [-0.3, -0.25) is 4.79 Å². The molecule has 0 saturated carbocycles. The zero-order valence-corrected chi connectivity index (χ0v) is 9.36. The summed E-state index contributed by atoms with van der Waals surface area (Å²) in [5, 5.41) is 2.86. The van der Waals surface area contributed by atoms with Crippen LogP contribution < -0.4 is 15.5 Å². The molecule has 3 rings (SSSR count). The number of hydrogen-bond acceptors (Lipinski definition) is 2. The van der Waals surface area contributed by atoms with Gasteiger partial charge in [0.05, 0.1) is 11.3 Å². The van der Waals surface area contributed by atoms with Crippen molar-refractivity contribution in [2.45, 2.75) is 0 Å². The standard InChI is InChI=1S/C13H10BNO2/c14-8-5-6-12-10(7-8)15-13(16)9-3-1-2-4-11(9)17-12/h1-7H,14H2,(H,15,16). The molecule has 4 heteroatoms. The van der Waals surface area contributed by atoms with Crippen molar-refractivity contribution in [3.8, 4) is 11.5 Å². The smallest absolute Gasteiger partial charge is 0.259 e. The van der Waals surface area contributed by atoms with Gasteiger partial charge in [-0.15, -0.1) is 0 Å². The van der Waals surface area contributed by atoms with Crippen molar-refractivity contribution in [1.29, 1.82) is 0 Å². The van der Waals surface area contributed by atoms with Crippen LogP contribution in [-0.2, 0) is 0 Å². The molecule has 1 amide bonds. The van der Waals surface area contributed by atoms with Gasteiger partial charge in [0.1, 0.15) is 13.6 Å². The number of fused-ring (bicyclic) bond motifs is 2. The molecule has 0 atom stereocenters. The predicted octanol–water partition coefficient (Wildman–Crippen LogP) is 1.30. The monoisotopic (exact) mass is 223 g/mol. The molecule has 0 bridgehead atoms. The largest absolute Gasteiger partial charge is 0.454 e. The van der Waals surface area contributed by atoms with E-state index in [1.807, 2.05) is 38.2 Å². The van der Waals surface area contributed by atoms with Crippen molar-refractivity contribution in [3.05, 3.63) is 48.0 Å². The molecule has 0 unspecified atom stereocenters. The average Bonchev–Trinajstić information content (AvgIpc) is 2.46. The van der Waals surface area contributed by atoms with Crippen LogP contribution in [0.3, 0.4) is 0 Å². The van der Waals surface area contributed by atoms with Crippen LogP contribution in [-0.4, -0.2) is 13.8 Å². The van der Waals surface area contributed by atoms with Crippen LogP contribution in [0.15, 0.2) is 42.5 Å². The van der Waals surface area contributed by atoms with E-state index in [1.165, 1.54) is 0 Å². The fourth-order valence-electron chi connectivity index (χ4n) is 1.88. The Morgan fingerprint density at radius 1 is 1.06 bits per heavy atom. The first-order valence-corrected chi connectivity index (χ1v) is 5.43. The number of carbonyl (C=O) groups excluding carboxylic acids is 1. The summed E-state index contributed by atoms with van der Waals surface area (Å²) in [5.41, 5.74) is 2.35. The normalized spacial score (nSPS) is 12.8. The van der Waals surface area contributed by atoms with Crippen LogP contribution in [0, 0.1) is 0 Å². The summed E-state index contributed by atoms with van der Waals surface area (Å²) >= 11 is 0. The van der Waals surface area contributed by atoms with E-state index in [9.17, 15) is 4.79 Å². The Hall–Kier alpha value is -2.23. The van der Waals surface area contributed by atoms with E-state index in [-0.39, 0.29) is 5.91 Å². The number of carbonyl (C=O) groups is 1. The van der Waals surface area contributed by atoms with Crippen LogP contribution in [0.1, 0.15) is 10.4 Å². The lowest BCUT2D eigenvalue weighted by atomic mass is 9.95. The highest BCUT2D eigenvalue weighted by Gasteiger charge is 2.19. The van der Waals surface area contributed by atoms with Gasteiger partial charge in [-0.2, -0.15) is 0 Å². The molecule has 0 aliphatic carbocycles. The Balaban J connectivity index is 2.17. The predicted molar refractivity (Wildman–Crippen MR) is 69.1 cm³/mol. The summed E-state index contributed by atoms with van der Waals surface area (Å²) in [7, 11) is 1.98. The zero-order valence-electron chi connectivity index (χ0n) is 9.36. The summed E-state index contributed by atoms with van der Waals surface area (Å²) < 4.78 is 5.74. The van der Waals surface area contributed by atoms with Crippen molar-refractivity contribution in [2.75, 3.05) is 5.32 Å². The molecule has 1 heterocycles. The lowest BCUT2D eigenvalue weighted by molar-refractivity contribution is 0.102. The number of nitrogens with one attached hydrogen (secondary N) is 1. The molecule has 1 N–H and O–H groups in total. The van der Waals surface area contributed by atoms with Gasteiger partial charge >= 0.3 is 0 Å². The molecule has 17 heavy (non-hydrogen) atoms. The molecule has 0 aromatic heterocycles. The van der Waals surface area contributed by atoms with Gasteiger partial charge < -0.3 is 10.1 Å². The number of anilines is 1. The van der Waals surface area contributed by atoms with Crippen LogP contribution in [0.4, 0.5) is 5.69 Å². The molecule has 3 nitrogen and oxygen atoms in total. The van der Waals surface area contributed by atoms with E-state index in [2.05, 4.69) is 5.32 Å². The van der Waals surface area contributed by atoms with E-state index in [4.69, 9.17) is 4.74 Å². The van der Waals surface area contributed by atoms with E-state index in [0.717, 1.165) is 5.46 Å². The van der Waals surface area contributed by atoms with Crippen molar-refractivity contribution >= 4 is 24.9 Å². The molecular formula is C13H10BNO2. The second-order valence-corrected chi connectivity index (χ2v) is 4.05. The third kappa shape index (κ3) is 1.67. The molecule has 0 spiro atoms. The molecule has 0 radical (unpaired) electrons. The fraction of sp³-hybridized carbons (Fsp3) is 0. The quantitative estimate of drug-likeness (QED) is 0.683. The van der Waals surface area contributed by atoms with Crippen LogP contribution in [0.2, 0.25) is 0 Å². The van der Waals surface area contributed by atoms with Gasteiger partial charge in [0.15, 0.2) is 5.75 Å². The first kappa shape index (κ1) is 9.96. The zero-order chi connectivity index (χ0) is 11.8. The minimum absolute atomic E-state index is 0.134. The highest BCUT2D eigenvalue weighted by atomic mass is 16.5. The van der Waals surface area contributed by atoms with E-state index in [1.54, 1.807) is 12.1 Å². The maximum absolute atomic E-state index is 12.0. The fourth-order valence-corrected chi connectivity index (χ4v) is 1.88. The van der Waals surface area contributed by atoms with E-state index in [0.29, 0.717) is 22.7 Å². The molecular weight excluding hydrogens is 213 g/mol. The maximum atomic E-state index is 12.0. The van der Waals surface area contributed by atoms with Crippen LogP contribution >= 0.6 is 0 Å². The third-order valence-corrected chi connectivity index (χ3v) is 2.73. The van der Waals surface area contributed by atoms with E-state index >= 15 is 0 Å². The van der Waals surface area contributed by atoms with Crippen molar-refractivity contribution in [1.82, 2.24) is 0 Å². The lowest BCUT2D eigenvalue weighted by Gasteiger charge is -2.07. The summed E-state index contributed by atoms with van der Waals surface area (Å²) in [6, 6.07) is 13.0. The lowest BCUT2D eigenvalue weighted by Crippen LogP contribution is -2.12. The molecule has 1 aliphatic rings. The molecule has 0 fully saturated rings. The first-order chi connectivity index (χ1) is 8.24. The topological polar surface area (TPSA) is 38.3 Å². The second kappa shape index (κ2) is 3.66. The van der Waals surface area contributed by atoms with Gasteiger partial charge in [-0.25, -0.2) is 0 Å². The van der Waals surface area contributed by atoms with Gasteiger partial charge in [-0.05, 0) is 24.3 Å². The Kier molecular flexibility index (Phi) is 2.15. The Morgan fingerprint density at radius 2 is 1.88 bits per heavy atom. The maximum Gasteiger partial charge on any atom is 0.259 e. The third-order valence-electron chi connectivity index (χ3n) is 2.73. The summed E-state index contributed by atoms with van der Waals surface area (Å²) in [6.07, 6.45) is 0. The molecule has 0 saturated heterocycles. The van der Waals surface area contributed by atoms with Gasteiger partial charge in [0.25, 0.3) is 5.91 Å². The van der Waals surface area contributed by atoms with Crippen LogP contribution in [0.5, 0.6) is 11.5 Å². The highest BCUT2D eigenvalue weighted by Crippen LogP contribution is 2.34. The minimum Gasteiger partial charge on any atom is -0.454 e. The Labute approximate surface area is 99.8 Å². The van der Waals surface area contributed by atoms with Crippen LogP contribution in [0.25, 0.3) is 0 Å². The number of para-hydroxylation sites is 1. The summed E-state index contributed by atoms with van der Waals surface area (Å²) in [5.74, 6) is 1.13. The number of ether oxygens (including phenoxy) is 1. The van der Waals surface area contributed by atoms with Crippen molar-refractivity contribution < 1.29 is 9.53 Å². The van der Waals surface area contributed by atoms with Gasteiger partial charge in [0.2, 0.25) is 0 Å². The summed E-state index contributed by atoms with van der Waals surface area (Å²) in [4.78, 5) is 12.0. The highest BCUT2D eigenvalue weighted by molar-refractivity contribution is 6.32. The van der Waals surface area contributed by atoms with Gasteiger partial charge in [0, 0.05) is 0 Å². The average molecular weight is 223 g/mol. The Morgan fingerprint density at radius 3 is 2.76 bits per heavy atom. The molecule has 2 aromatic rings. The van der Waals surface area contributed by atoms with E-state index < -0.39 is 0 Å². The Bertz CT molecular complexity index is 610. The summed E-state index contributed by atoms with van der Waals surface area (Å²) in [6.45, 7) is 0. The second-order valence-electron chi connectivity index (χ2n) is 4.05. The van der Waals surface area contributed by atoms with Crippen molar-refractivity contribution in [2.24, 2.45) is 0 Å². The minimum atomic E-state index is -0.134. The van der Waals surface area contributed by atoms with Gasteiger partial charge in [-0.1, -0.05) is 23.7 Å². The number of hydrogen-bond donors (Lipinski definition) is 1. The molecule has 82 valence electrons. The number of benzene rings is 2. The number of rotatable bonds is 0. The number of amides is 1. The first-order valence-electron chi connectivity index (χ1n) is 5.43. The molecule has 2 aromatic carbocycles. The van der Waals surface area contributed by atoms with Crippen molar-refractivity contribution in [3.63, 3.8) is 0 Å². The SMILES string of the molecule is Bc1ccc2c(c1)NC(=O)c1ccccc1O2.